The minimum Gasteiger partial charge on any atom is -0.317 e. The van der Waals surface area contributed by atoms with Crippen LogP contribution in [0.25, 0.3) is 0 Å². The predicted octanol–water partition coefficient (Wildman–Crippen LogP) is 2.06. The Labute approximate surface area is 113 Å². The third-order valence-corrected chi connectivity index (χ3v) is 3.71. The minimum absolute atomic E-state index is 0.155. The number of benzene rings is 1. The van der Waals surface area contributed by atoms with Crippen molar-refractivity contribution in [2.45, 2.75) is 32.2 Å². The lowest BCUT2D eigenvalue weighted by atomic mass is 10.1. The topological polar surface area (TPSA) is 49.4 Å². The van der Waals surface area contributed by atoms with Gasteiger partial charge in [-0.15, -0.1) is 0 Å². The Morgan fingerprint density at radius 1 is 1.16 bits per heavy atom. The van der Waals surface area contributed by atoms with Crippen LogP contribution < -0.4 is 5.32 Å². The third-order valence-electron chi connectivity index (χ3n) is 3.71. The number of amides is 2. The van der Waals surface area contributed by atoms with Crippen LogP contribution in [0.4, 0.5) is 0 Å². The number of hydrogen-bond acceptors (Lipinski definition) is 3. The van der Waals surface area contributed by atoms with Crippen molar-refractivity contribution in [1.82, 2.24) is 10.2 Å². The van der Waals surface area contributed by atoms with Gasteiger partial charge < -0.3 is 5.32 Å². The Morgan fingerprint density at radius 2 is 1.74 bits per heavy atom. The molecule has 4 heteroatoms. The number of nitrogens with one attached hydrogen (secondary N) is 1. The molecule has 2 rings (SSSR count). The SMILES string of the molecule is CCC(CCCN1C(=O)c2ccccc2C1=O)NC. The third kappa shape index (κ3) is 2.68. The molecule has 1 aromatic carbocycles. The predicted molar refractivity (Wildman–Crippen MR) is 74.2 cm³/mol. The van der Waals surface area contributed by atoms with Crippen LogP contribution in [-0.4, -0.2) is 36.3 Å². The number of hydrogen-bond donors (Lipinski definition) is 1. The highest BCUT2D eigenvalue weighted by Crippen LogP contribution is 2.22. The van der Waals surface area contributed by atoms with Crippen LogP contribution in [0.5, 0.6) is 0 Å². The van der Waals surface area contributed by atoms with E-state index in [0.29, 0.717) is 23.7 Å². The highest BCUT2D eigenvalue weighted by molar-refractivity contribution is 6.21. The summed E-state index contributed by atoms with van der Waals surface area (Å²) in [6.07, 6.45) is 2.86. The lowest BCUT2D eigenvalue weighted by Crippen LogP contribution is -2.32. The molecule has 0 fully saturated rings. The number of fused-ring (bicyclic) bond motifs is 1. The van der Waals surface area contributed by atoms with Gasteiger partial charge in [0.05, 0.1) is 11.1 Å². The molecule has 0 spiro atoms. The van der Waals surface area contributed by atoms with Gasteiger partial charge >= 0.3 is 0 Å². The van der Waals surface area contributed by atoms with Gasteiger partial charge in [0.2, 0.25) is 0 Å². The second-order valence-corrected chi connectivity index (χ2v) is 4.84. The van der Waals surface area contributed by atoms with Gasteiger partial charge in [0.1, 0.15) is 0 Å². The van der Waals surface area contributed by atoms with Crippen LogP contribution in [0.15, 0.2) is 24.3 Å². The molecule has 0 radical (unpaired) electrons. The molecule has 1 aromatic rings. The van der Waals surface area contributed by atoms with E-state index < -0.39 is 0 Å². The first-order valence-electron chi connectivity index (χ1n) is 6.81. The largest absolute Gasteiger partial charge is 0.317 e. The van der Waals surface area contributed by atoms with Crippen LogP contribution in [0, 0.1) is 0 Å². The molecule has 1 aliphatic heterocycles. The van der Waals surface area contributed by atoms with Crippen molar-refractivity contribution in [2.24, 2.45) is 0 Å². The van der Waals surface area contributed by atoms with E-state index in [1.807, 2.05) is 7.05 Å². The first kappa shape index (κ1) is 13.7. The molecule has 4 nitrogen and oxygen atoms in total. The van der Waals surface area contributed by atoms with E-state index in [4.69, 9.17) is 0 Å². The normalized spacial score (nSPS) is 15.8. The molecule has 1 unspecified atom stereocenters. The molecule has 2 amide bonds. The van der Waals surface area contributed by atoms with E-state index in [2.05, 4.69) is 12.2 Å². The highest BCUT2D eigenvalue weighted by Gasteiger charge is 2.34. The zero-order valence-corrected chi connectivity index (χ0v) is 11.5. The second kappa shape index (κ2) is 5.97. The number of nitrogens with zero attached hydrogens (tertiary/aromatic N) is 1. The molecule has 1 aliphatic rings. The van der Waals surface area contributed by atoms with Gasteiger partial charge in [-0.25, -0.2) is 0 Å². The van der Waals surface area contributed by atoms with Gasteiger partial charge in [0.15, 0.2) is 0 Å². The molecule has 0 aliphatic carbocycles. The summed E-state index contributed by atoms with van der Waals surface area (Å²) in [6, 6.07) is 7.48. The Morgan fingerprint density at radius 3 is 2.21 bits per heavy atom. The van der Waals surface area contributed by atoms with Crippen LogP contribution in [-0.2, 0) is 0 Å². The molecule has 1 atom stereocenters. The molecule has 0 aromatic heterocycles. The summed E-state index contributed by atoms with van der Waals surface area (Å²) in [5.74, 6) is -0.309. The van der Waals surface area contributed by atoms with Crippen molar-refractivity contribution >= 4 is 11.8 Å². The van der Waals surface area contributed by atoms with Gasteiger partial charge in [-0.1, -0.05) is 19.1 Å². The Balaban J connectivity index is 1.97. The van der Waals surface area contributed by atoms with E-state index in [1.165, 1.54) is 4.90 Å². The molecular formula is C15H20N2O2. The van der Waals surface area contributed by atoms with Crippen molar-refractivity contribution in [2.75, 3.05) is 13.6 Å². The van der Waals surface area contributed by atoms with Crippen LogP contribution in [0.1, 0.15) is 46.9 Å². The Hall–Kier alpha value is -1.68. The monoisotopic (exact) mass is 260 g/mol. The summed E-state index contributed by atoms with van der Waals surface area (Å²) in [5, 5.41) is 3.23. The fourth-order valence-corrected chi connectivity index (χ4v) is 2.49. The average molecular weight is 260 g/mol. The van der Waals surface area contributed by atoms with E-state index in [-0.39, 0.29) is 11.8 Å². The minimum atomic E-state index is -0.155. The van der Waals surface area contributed by atoms with Crippen LogP contribution >= 0.6 is 0 Å². The molecule has 1 N–H and O–H groups in total. The molecular weight excluding hydrogens is 240 g/mol. The Bertz CT molecular complexity index is 446. The van der Waals surface area contributed by atoms with Crippen molar-refractivity contribution < 1.29 is 9.59 Å². The molecule has 102 valence electrons. The van der Waals surface area contributed by atoms with Crippen molar-refractivity contribution in [1.29, 1.82) is 0 Å². The maximum atomic E-state index is 12.1. The van der Waals surface area contributed by atoms with Crippen LogP contribution in [0.2, 0.25) is 0 Å². The van der Waals surface area contributed by atoms with Gasteiger partial charge in [-0.3, -0.25) is 14.5 Å². The van der Waals surface area contributed by atoms with Crippen LogP contribution in [0.3, 0.4) is 0 Å². The summed E-state index contributed by atoms with van der Waals surface area (Å²) in [5.41, 5.74) is 1.07. The van der Waals surface area contributed by atoms with E-state index in [1.54, 1.807) is 24.3 Å². The molecule has 19 heavy (non-hydrogen) atoms. The second-order valence-electron chi connectivity index (χ2n) is 4.84. The summed E-state index contributed by atoms with van der Waals surface area (Å²) in [4.78, 5) is 25.6. The standard InChI is InChI=1S/C15H20N2O2/c1-3-11(16-2)7-6-10-17-14(18)12-8-4-5-9-13(12)15(17)19/h4-5,8-9,11,16H,3,6-7,10H2,1-2H3. The van der Waals surface area contributed by atoms with Gasteiger partial charge in [0, 0.05) is 12.6 Å². The maximum absolute atomic E-state index is 12.1. The molecule has 0 saturated carbocycles. The fourth-order valence-electron chi connectivity index (χ4n) is 2.49. The molecule has 0 saturated heterocycles. The summed E-state index contributed by atoms with van der Waals surface area (Å²) >= 11 is 0. The maximum Gasteiger partial charge on any atom is 0.261 e. The number of carbonyl (C=O) groups excluding carboxylic acids is 2. The van der Waals surface area contributed by atoms with Gasteiger partial charge in [0.25, 0.3) is 11.8 Å². The lowest BCUT2D eigenvalue weighted by Gasteiger charge is -2.17. The van der Waals surface area contributed by atoms with E-state index >= 15 is 0 Å². The lowest BCUT2D eigenvalue weighted by molar-refractivity contribution is 0.0650. The van der Waals surface area contributed by atoms with Crippen molar-refractivity contribution in [3.05, 3.63) is 35.4 Å². The molecule has 0 bridgehead atoms. The smallest absolute Gasteiger partial charge is 0.261 e. The van der Waals surface area contributed by atoms with Crippen molar-refractivity contribution in [3.63, 3.8) is 0 Å². The Kier molecular flexibility index (Phi) is 4.32. The first-order chi connectivity index (χ1) is 9.19. The van der Waals surface area contributed by atoms with E-state index in [9.17, 15) is 9.59 Å². The average Bonchev–Trinajstić information content (AvgIpc) is 2.69. The number of imide groups is 1. The van der Waals surface area contributed by atoms with Gasteiger partial charge in [-0.05, 0) is 38.4 Å². The van der Waals surface area contributed by atoms with Crippen molar-refractivity contribution in [3.8, 4) is 0 Å². The fraction of sp³-hybridized carbons (Fsp3) is 0.467. The number of carbonyl (C=O) groups is 2. The summed E-state index contributed by atoms with van der Waals surface area (Å²) in [6.45, 7) is 2.63. The first-order valence-corrected chi connectivity index (χ1v) is 6.81. The quantitative estimate of drug-likeness (QED) is 0.796. The summed E-state index contributed by atoms with van der Waals surface area (Å²) < 4.78 is 0. The van der Waals surface area contributed by atoms with E-state index in [0.717, 1.165) is 19.3 Å². The zero-order chi connectivity index (χ0) is 13.8. The number of rotatable bonds is 6. The summed E-state index contributed by atoms with van der Waals surface area (Å²) in [7, 11) is 1.94. The van der Waals surface area contributed by atoms with Gasteiger partial charge in [-0.2, -0.15) is 0 Å². The highest BCUT2D eigenvalue weighted by atomic mass is 16.2. The molecule has 1 heterocycles. The zero-order valence-electron chi connectivity index (χ0n) is 11.5.